The number of nitrogens with zero attached hydrogens (tertiary/aromatic N) is 1. The molecule has 2 amide bonds. The second kappa shape index (κ2) is 15.6. The summed E-state index contributed by atoms with van der Waals surface area (Å²) in [5.74, 6) is 0.0858. The van der Waals surface area contributed by atoms with E-state index in [9.17, 15) is 34.7 Å². The molecule has 0 saturated carbocycles. The number of amides is 2. The maximum Gasteiger partial charge on any atom is 0.340 e. The summed E-state index contributed by atoms with van der Waals surface area (Å²) in [5, 5.41) is 34.9. The molecule has 0 bridgehead atoms. The molecule has 2 heterocycles. The van der Waals surface area contributed by atoms with Crippen molar-refractivity contribution in [3.05, 3.63) is 107 Å². The van der Waals surface area contributed by atoms with Crippen LogP contribution in [0.25, 0.3) is 0 Å². The van der Waals surface area contributed by atoms with Crippen LogP contribution in [0.5, 0.6) is 28.7 Å². The first-order valence-electron chi connectivity index (χ1n) is 17.0. The lowest BCUT2D eigenvalue weighted by Gasteiger charge is -2.36. The molecule has 0 aliphatic carbocycles. The van der Waals surface area contributed by atoms with Gasteiger partial charge in [-0.05, 0) is 79.4 Å². The zero-order chi connectivity index (χ0) is 37.5. The number of carbonyl (C=O) groups excluding carboxylic acids is 4. The van der Waals surface area contributed by atoms with E-state index in [1.54, 1.807) is 54.6 Å². The number of hydrogen-bond acceptors (Lipinski definition) is 10. The Morgan fingerprint density at radius 1 is 0.868 bits per heavy atom. The molecule has 53 heavy (non-hydrogen) atoms. The summed E-state index contributed by atoms with van der Waals surface area (Å²) in [4.78, 5) is 50.4. The summed E-state index contributed by atoms with van der Waals surface area (Å²) in [6, 6.07) is 22.7. The summed E-state index contributed by atoms with van der Waals surface area (Å²) in [7, 11) is 0. The van der Waals surface area contributed by atoms with Gasteiger partial charge in [-0.2, -0.15) is 5.26 Å². The molecule has 0 saturated heterocycles. The molecule has 12 nitrogen and oxygen atoms in total. The maximum atomic E-state index is 13.3. The van der Waals surface area contributed by atoms with Crippen LogP contribution in [0.3, 0.4) is 0 Å². The Kier molecular flexibility index (Phi) is 10.6. The minimum Gasteiger partial charge on any atom is -0.508 e. The number of nitriles is 1. The molecule has 2 aliphatic rings. The predicted octanol–water partition coefficient (Wildman–Crippen LogP) is 5.98. The average Bonchev–Trinajstić information content (AvgIpc) is 3.43. The van der Waals surface area contributed by atoms with Crippen molar-refractivity contribution >= 4 is 29.3 Å². The normalized spacial score (nSPS) is 13.5. The molecule has 4 aromatic carbocycles. The highest BCUT2D eigenvalue weighted by Gasteiger charge is 2.53. The van der Waals surface area contributed by atoms with Crippen molar-refractivity contribution in [2.75, 3.05) is 11.9 Å². The standard InChI is InChI=1S/C41H35N3O9/c1-2-3-7-35(47)31(23-42)39(49)44-26-10-14-29(15-11-26)51-19-6-4-5-8-38(48)43-24-25-9-16-32-30(20-25)40(50)53-41(32)33-17-12-27(45)21-36(33)52-37-22-28(46)13-18-34(37)41/h1,9-18,20-22,31,45-46H,3-8,19,24H2,(H,43,48)(H,44,49). The summed E-state index contributed by atoms with van der Waals surface area (Å²) in [6.07, 6.45) is 7.69. The second-order valence-electron chi connectivity index (χ2n) is 12.6. The number of hydrogen-bond donors (Lipinski definition) is 4. The summed E-state index contributed by atoms with van der Waals surface area (Å²) in [6.45, 7) is 0.632. The van der Waals surface area contributed by atoms with Gasteiger partial charge in [0, 0.05) is 60.3 Å². The van der Waals surface area contributed by atoms with Crippen molar-refractivity contribution in [3.63, 3.8) is 0 Å². The number of aromatic hydroxyl groups is 2. The van der Waals surface area contributed by atoms with E-state index in [2.05, 4.69) is 16.6 Å². The number of unbranched alkanes of at least 4 members (excludes halogenated alkanes) is 2. The highest BCUT2D eigenvalue weighted by atomic mass is 16.6. The Morgan fingerprint density at radius 3 is 2.21 bits per heavy atom. The number of fused-ring (bicyclic) bond motifs is 6. The number of carbonyl (C=O) groups is 4. The first-order valence-corrected chi connectivity index (χ1v) is 17.0. The molecule has 0 fully saturated rings. The summed E-state index contributed by atoms with van der Waals surface area (Å²) < 4.78 is 17.9. The van der Waals surface area contributed by atoms with Gasteiger partial charge in [0.1, 0.15) is 28.7 Å². The molecule has 1 atom stereocenters. The molecule has 0 aromatic heterocycles. The van der Waals surface area contributed by atoms with Crippen molar-refractivity contribution in [1.82, 2.24) is 5.32 Å². The van der Waals surface area contributed by atoms with Crippen molar-refractivity contribution in [2.24, 2.45) is 5.92 Å². The largest absolute Gasteiger partial charge is 0.508 e. The molecule has 2 aliphatic heterocycles. The number of ether oxygens (including phenoxy) is 3. The van der Waals surface area contributed by atoms with E-state index in [0.29, 0.717) is 76.6 Å². The van der Waals surface area contributed by atoms with Gasteiger partial charge in [-0.15, -0.1) is 12.3 Å². The quantitative estimate of drug-likeness (QED) is 0.0525. The monoisotopic (exact) mass is 713 g/mol. The van der Waals surface area contributed by atoms with Crippen molar-refractivity contribution in [1.29, 1.82) is 5.26 Å². The number of esters is 1. The Hall–Kier alpha value is -6.79. The number of benzene rings is 4. The Balaban J connectivity index is 0.963. The minimum absolute atomic E-state index is 0.0278. The molecule has 4 N–H and O–H groups in total. The van der Waals surface area contributed by atoms with E-state index in [-0.39, 0.29) is 36.8 Å². The topological polar surface area (TPSA) is 184 Å². The molecular weight excluding hydrogens is 678 g/mol. The summed E-state index contributed by atoms with van der Waals surface area (Å²) in [5.41, 5.74) is 1.77. The van der Waals surface area contributed by atoms with Gasteiger partial charge >= 0.3 is 5.97 Å². The van der Waals surface area contributed by atoms with E-state index >= 15 is 0 Å². The van der Waals surface area contributed by atoms with Gasteiger partial charge in [0.05, 0.1) is 18.2 Å². The molecule has 4 aromatic rings. The smallest absolute Gasteiger partial charge is 0.340 e. The molecule has 1 spiro atoms. The number of rotatable bonds is 14. The highest BCUT2D eigenvalue weighted by molar-refractivity contribution is 6.09. The lowest BCUT2D eigenvalue weighted by Crippen LogP contribution is -2.32. The fourth-order valence-electron chi connectivity index (χ4n) is 6.37. The van der Waals surface area contributed by atoms with Crippen LogP contribution in [0.4, 0.5) is 5.69 Å². The van der Waals surface area contributed by atoms with Gasteiger partial charge in [-0.1, -0.05) is 12.1 Å². The second-order valence-corrected chi connectivity index (χ2v) is 12.6. The first kappa shape index (κ1) is 36.0. The lowest BCUT2D eigenvalue weighted by atomic mass is 9.77. The van der Waals surface area contributed by atoms with Crippen molar-refractivity contribution in [2.45, 2.75) is 50.7 Å². The maximum absolute atomic E-state index is 13.3. The van der Waals surface area contributed by atoms with E-state index < -0.39 is 29.2 Å². The number of Topliss-reactive ketones (excluding diaryl/α,β-unsaturated/α-hetero) is 1. The number of anilines is 1. The SMILES string of the molecule is C#CCCC(=O)C(C#N)C(=O)Nc1ccc(OCCCCCC(=O)NCc2ccc3c(c2)C(=O)OC32c3ccc(O)cc3Oc3cc(O)ccc32)cc1. The predicted molar refractivity (Wildman–Crippen MR) is 191 cm³/mol. The highest BCUT2D eigenvalue weighted by Crippen LogP contribution is 2.57. The molecule has 268 valence electrons. The number of ketones is 1. The fraction of sp³-hybridized carbons (Fsp3) is 0.244. The number of terminal acetylenes is 1. The Labute approximate surface area is 305 Å². The van der Waals surface area contributed by atoms with Crippen LogP contribution in [-0.4, -0.2) is 40.4 Å². The van der Waals surface area contributed by atoms with E-state index in [1.165, 1.54) is 24.3 Å². The van der Waals surface area contributed by atoms with Gasteiger partial charge in [-0.25, -0.2) is 4.79 Å². The van der Waals surface area contributed by atoms with Crippen molar-refractivity contribution < 1.29 is 43.6 Å². The third kappa shape index (κ3) is 7.63. The Morgan fingerprint density at radius 2 is 1.55 bits per heavy atom. The lowest BCUT2D eigenvalue weighted by molar-refractivity contribution is -0.129. The summed E-state index contributed by atoms with van der Waals surface area (Å²) >= 11 is 0. The van der Waals surface area contributed by atoms with Gasteiger partial charge in [0.15, 0.2) is 17.3 Å². The van der Waals surface area contributed by atoms with E-state index in [1.807, 2.05) is 6.07 Å². The van der Waals surface area contributed by atoms with Gasteiger partial charge < -0.3 is 35.1 Å². The average molecular weight is 714 g/mol. The molecule has 6 rings (SSSR count). The van der Waals surface area contributed by atoms with Crippen molar-refractivity contribution in [3.8, 4) is 47.2 Å². The molecule has 1 unspecified atom stereocenters. The van der Waals surface area contributed by atoms with Crippen LogP contribution in [0.1, 0.15) is 71.1 Å². The first-order chi connectivity index (χ1) is 25.6. The van der Waals surface area contributed by atoms with Crippen LogP contribution in [0.2, 0.25) is 0 Å². The van der Waals surface area contributed by atoms with Crippen LogP contribution >= 0.6 is 0 Å². The zero-order valence-electron chi connectivity index (χ0n) is 28.5. The molecule has 0 radical (unpaired) electrons. The third-order valence-corrected chi connectivity index (χ3v) is 9.00. The van der Waals surface area contributed by atoms with Crippen LogP contribution in [0.15, 0.2) is 78.9 Å². The zero-order valence-corrected chi connectivity index (χ0v) is 28.5. The van der Waals surface area contributed by atoms with Crippen LogP contribution < -0.4 is 20.1 Å². The Bertz CT molecular complexity index is 2110. The third-order valence-electron chi connectivity index (χ3n) is 9.00. The van der Waals surface area contributed by atoms with E-state index in [0.717, 1.165) is 6.42 Å². The minimum atomic E-state index is -1.43. The number of phenols is 2. The number of nitrogens with one attached hydrogen (secondary N) is 2. The van der Waals surface area contributed by atoms with Crippen LogP contribution in [0, 0.1) is 29.6 Å². The van der Waals surface area contributed by atoms with Crippen LogP contribution in [-0.2, 0) is 31.3 Å². The molecular formula is C41H35N3O9. The van der Waals surface area contributed by atoms with Gasteiger partial charge in [0.25, 0.3) is 0 Å². The van der Waals surface area contributed by atoms with Gasteiger partial charge in [0.2, 0.25) is 11.8 Å². The van der Waals surface area contributed by atoms with E-state index in [4.69, 9.17) is 20.6 Å². The molecule has 12 heteroatoms. The fourth-order valence-corrected chi connectivity index (χ4v) is 6.37. The van der Waals surface area contributed by atoms with Gasteiger partial charge in [-0.3, -0.25) is 14.4 Å². The number of phenolic OH excluding ortho intramolecular Hbond substituents is 2.